The lowest BCUT2D eigenvalue weighted by Gasteiger charge is -2.20. The average molecular weight is 278 g/mol. The second kappa shape index (κ2) is 6.31. The lowest BCUT2D eigenvalue weighted by molar-refractivity contribution is -0.118. The van der Waals surface area contributed by atoms with E-state index < -0.39 is 0 Å². The van der Waals surface area contributed by atoms with E-state index in [2.05, 4.69) is 24.1 Å². The minimum Gasteiger partial charge on any atom is -0.404 e. The molecular formula is C15H26N4O. The second-order valence-corrected chi connectivity index (χ2v) is 6.09. The molecule has 1 amide bonds. The third-order valence-electron chi connectivity index (χ3n) is 4.11. The number of nitrogens with zero attached hydrogens (tertiary/aromatic N) is 1. The van der Waals surface area contributed by atoms with Crippen LogP contribution in [0.2, 0.25) is 0 Å². The van der Waals surface area contributed by atoms with Gasteiger partial charge < -0.3 is 16.8 Å². The maximum absolute atomic E-state index is 12.1. The van der Waals surface area contributed by atoms with Crippen LogP contribution in [0.1, 0.15) is 33.1 Å². The first-order chi connectivity index (χ1) is 9.51. The molecule has 0 aromatic carbocycles. The van der Waals surface area contributed by atoms with Crippen molar-refractivity contribution < 1.29 is 4.79 Å². The lowest BCUT2D eigenvalue weighted by Crippen LogP contribution is -2.40. The lowest BCUT2D eigenvalue weighted by atomic mass is 10.1. The van der Waals surface area contributed by atoms with Gasteiger partial charge in [-0.25, -0.2) is 0 Å². The van der Waals surface area contributed by atoms with E-state index in [9.17, 15) is 4.79 Å². The van der Waals surface area contributed by atoms with E-state index in [1.165, 1.54) is 0 Å². The van der Waals surface area contributed by atoms with Gasteiger partial charge in [-0.1, -0.05) is 0 Å². The predicted octanol–water partition coefficient (Wildman–Crippen LogP) is 0.681. The van der Waals surface area contributed by atoms with E-state index >= 15 is 0 Å². The summed E-state index contributed by atoms with van der Waals surface area (Å²) in [6, 6.07) is 0.717. The van der Waals surface area contributed by atoms with Gasteiger partial charge in [0, 0.05) is 25.2 Å². The number of carbonyl (C=O) groups excluding carboxylic acids is 1. The molecule has 0 aromatic heterocycles. The van der Waals surface area contributed by atoms with Crippen molar-refractivity contribution in [2.24, 2.45) is 17.4 Å². The largest absolute Gasteiger partial charge is 0.404 e. The van der Waals surface area contributed by atoms with Gasteiger partial charge in [-0.05, 0) is 56.9 Å². The first-order valence-electron chi connectivity index (χ1n) is 7.45. The molecule has 0 spiro atoms. The van der Waals surface area contributed by atoms with Crippen LogP contribution in [0.3, 0.4) is 0 Å². The molecule has 1 saturated heterocycles. The molecule has 2 rings (SSSR count). The van der Waals surface area contributed by atoms with Crippen LogP contribution in [-0.2, 0) is 4.79 Å². The topological polar surface area (TPSA) is 84.4 Å². The van der Waals surface area contributed by atoms with E-state index in [1.807, 2.05) is 0 Å². The Balaban J connectivity index is 1.87. The smallest absolute Gasteiger partial charge is 0.267 e. The maximum Gasteiger partial charge on any atom is 0.267 e. The number of carbonyl (C=O) groups is 1. The Morgan fingerprint density at radius 3 is 2.55 bits per heavy atom. The molecule has 20 heavy (non-hydrogen) atoms. The van der Waals surface area contributed by atoms with Gasteiger partial charge in [0.1, 0.15) is 0 Å². The van der Waals surface area contributed by atoms with E-state index in [-0.39, 0.29) is 17.6 Å². The minimum absolute atomic E-state index is 0.180. The molecule has 0 bridgehead atoms. The van der Waals surface area contributed by atoms with Crippen molar-refractivity contribution in [2.45, 2.75) is 45.2 Å². The Hall–Kier alpha value is -1.49. The van der Waals surface area contributed by atoms with Crippen molar-refractivity contribution in [1.29, 1.82) is 0 Å². The zero-order valence-corrected chi connectivity index (χ0v) is 12.4. The summed E-state index contributed by atoms with van der Waals surface area (Å²) in [4.78, 5) is 14.4. The SMILES string of the molecule is CC(C)N1CCC(NC(=O)/C(N)=C/C(=C\N)C2CC2)C1. The minimum atomic E-state index is -0.180. The number of hydrogen-bond donors (Lipinski definition) is 3. The molecule has 112 valence electrons. The van der Waals surface area contributed by atoms with E-state index in [4.69, 9.17) is 11.5 Å². The van der Waals surface area contributed by atoms with Gasteiger partial charge >= 0.3 is 0 Å². The molecule has 0 aromatic rings. The molecule has 5 nitrogen and oxygen atoms in total. The molecule has 1 aliphatic heterocycles. The summed E-state index contributed by atoms with van der Waals surface area (Å²) in [5.74, 6) is 0.315. The highest BCUT2D eigenvalue weighted by Crippen LogP contribution is 2.36. The highest BCUT2D eigenvalue weighted by Gasteiger charge is 2.27. The summed E-state index contributed by atoms with van der Waals surface area (Å²) in [7, 11) is 0. The normalized spacial score (nSPS) is 25.2. The molecule has 5 N–H and O–H groups in total. The molecule has 2 fully saturated rings. The van der Waals surface area contributed by atoms with Gasteiger partial charge in [-0.2, -0.15) is 0 Å². The van der Waals surface area contributed by atoms with Crippen molar-refractivity contribution >= 4 is 5.91 Å². The van der Waals surface area contributed by atoms with Crippen LogP contribution in [0, 0.1) is 5.92 Å². The fourth-order valence-corrected chi connectivity index (χ4v) is 2.61. The Labute approximate surface area is 121 Å². The van der Waals surface area contributed by atoms with Gasteiger partial charge in [-0.15, -0.1) is 0 Å². The van der Waals surface area contributed by atoms with Crippen LogP contribution < -0.4 is 16.8 Å². The van der Waals surface area contributed by atoms with Gasteiger partial charge in [-0.3, -0.25) is 9.69 Å². The number of amides is 1. The van der Waals surface area contributed by atoms with Gasteiger partial charge in [0.25, 0.3) is 5.91 Å². The van der Waals surface area contributed by atoms with Crippen LogP contribution in [-0.4, -0.2) is 36.0 Å². The number of nitrogens with one attached hydrogen (secondary N) is 1. The third kappa shape index (κ3) is 3.76. The molecule has 1 aliphatic carbocycles. The molecule has 2 aliphatic rings. The summed E-state index contributed by atoms with van der Waals surface area (Å²) in [6.45, 7) is 6.28. The Morgan fingerprint density at radius 2 is 2.05 bits per heavy atom. The molecule has 1 atom stereocenters. The summed E-state index contributed by atoms with van der Waals surface area (Å²) >= 11 is 0. The van der Waals surface area contributed by atoms with Crippen molar-refractivity contribution in [1.82, 2.24) is 10.2 Å². The first kappa shape index (κ1) is 14.9. The Kier molecular flexibility index (Phi) is 4.70. The third-order valence-corrected chi connectivity index (χ3v) is 4.11. The zero-order valence-electron chi connectivity index (χ0n) is 12.4. The zero-order chi connectivity index (χ0) is 14.7. The van der Waals surface area contributed by atoms with Gasteiger partial charge in [0.2, 0.25) is 0 Å². The number of rotatable bonds is 5. The number of allylic oxidation sites excluding steroid dienone is 2. The summed E-state index contributed by atoms with van der Waals surface area (Å²) in [6.07, 6.45) is 6.55. The number of likely N-dealkylation sites (tertiary alicyclic amines) is 1. The number of hydrogen-bond acceptors (Lipinski definition) is 4. The summed E-state index contributed by atoms with van der Waals surface area (Å²) < 4.78 is 0. The Morgan fingerprint density at radius 1 is 1.35 bits per heavy atom. The van der Waals surface area contributed by atoms with Crippen molar-refractivity contribution in [3.05, 3.63) is 23.5 Å². The summed E-state index contributed by atoms with van der Waals surface area (Å²) in [5.41, 5.74) is 12.7. The van der Waals surface area contributed by atoms with Crippen molar-refractivity contribution in [3.63, 3.8) is 0 Å². The molecule has 0 radical (unpaired) electrons. The number of nitrogens with two attached hydrogens (primary N) is 2. The maximum atomic E-state index is 12.1. The highest BCUT2D eigenvalue weighted by atomic mass is 16.2. The monoisotopic (exact) mass is 278 g/mol. The van der Waals surface area contributed by atoms with Crippen LogP contribution in [0.4, 0.5) is 0 Å². The molecular weight excluding hydrogens is 252 g/mol. The fourth-order valence-electron chi connectivity index (χ4n) is 2.61. The van der Waals surface area contributed by atoms with Crippen molar-refractivity contribution in [3.8, 4) is 0 Å². The van der Waals surface area contributed by atoms with Gasteiger partial charge in [0.05, 0.1) is 5.70 Å². The first-order valence-corrected chi connectivity index (χ1v) is 7.45. The predicted molar refractivity (Wildman–Crippen MR) is 80.5 cm³/mol. The molecule has 1 saturated carbocycles. The van der Waals surface area contributed by atoms with Crippen LogP contribution in [0.25, 0.3) is 0 Å². The standard InChI is InChI=1S/C15H26N4O/c1-10(2)19-6-5-13(9-19)18-15(20)14(17)7-12(8-16)11-3-4-11/h7-8,10-11,13H,3-6,9,16-17H2,1-2H3,(H,18,20)/b12-8+,14-7-. The fraction of sp³-hybridized carbons (Fsp3) is 0.667. The Bertz CT molecular complexity index is 424. The molecule has 1 unspecified atom stereocenters. The molecule has 1 heterocycles. The van der Waals surface area contributed by atoms with Crippen LogP contribution in [0.15, 0.2) is 23.5 Å². The van der Waals surface area contributed by atoms with Crippen molar-refractivity contribution in [2.75, 3.05) is 13.1 Å². The quantitative estimate of drug-likeness (QED) is 0.510. The van der Waals surface area contributed by atoms with Gasteiger partial charge in [0.15, 0.2) is 0 Å². The van der Waals surface area contributed by atoms with Crippen LogP contribution >= 0.6 is 0 Å². The summed E-state index contributed by atoms with van der Waals surface area (Å²) in [5, 5.41) is 3.01. The van der Waals surface area contributed by atoms with Crippen LogP contribution in [0.5, 0.6) is 0 Å². The van der Waals surface area contributed by atoms with E-state index in [1.54, 1.807) is 12.3 Å². The second-order valence-electron chi connectivity index (χ2n) is 6.09. The van der Waals surface area contributed by atoms with E-state index in [0.29, 0.717) is 12.0 Å². The average Bonchev–Trinajstić information content (AvgIpc) is 3.14. The highest BCUT2D eigenvalue weighted by molar-refractivity contribution is 5.93. The molecule has 5 heteroatoms. The van der Waals surface area contributed by atoms with E-state index in [0.717, 1.165) is 37.9 Å².